The molecule has 0 bridgehead atoms. The number of amides is 2. The van der Waals surface area contributed by atoms with Crippen molar-refractivity contribution in [1.82, 2.24) is 15.5 Å². The van der Waals surface area contributed by atoms with Gasteiger partial charge in [0.15, 0.2) is 0 Å². The number of carbonyl (C=O) groups is 2. The molecule has 3 heterocycles. The van der Waals surface area contributed by atoms with Crippen LogP contribution < -0.4 is 16.0 Å². The summed E-state index contributed by atoms with van der Waals surface area (Å²) in [6, 6.07) is 8.81. The smallest absolute Gasteiger partial charge is 0.237 e. The lowest BCUT2D eigenvalue weighted by Crippen LogP contribution is -2.48. The number of halogens is 5. The molecule has 208 valence electrons. The molecule has 3 aliphatic heterocycles. The molecule has 3 N–H and O–H groups in total. The molecule has 1 spiro atoms. The first-order chi connectivity index (χ1) is 17.4. The molecule has 3 aliphatic rings. The second kappa shape index (κ2) is 12.7. The van der Waals surface area contributed by atoms with Crippen molar-refractivity contribution in [3.63, 3.8) is 0 Å². The highest BCUT2D eigenvalue weighted by molar-refractivity contribution is 6.31. The maximum absolute atomic E-state index is 14.8. The Balaban J connectivity index is 0.00000200. The number of carbonyl (C=O) groups excluding carboxylic acids is 2. The molecule has 0 saturated carbocycles. The van der Waals surface area contributed by atoms with Gasteiger partial charge in [0, 0.05) is 48.8 Å². The topological polar surface area (TPSA) is 82.7 Å². The number of nitrogens with one attached hydrogen (secondary N) is 3. The zero-order valence-corrected chi connectivity index (χ0v) is 23.9. The molecule has 0 aliphatic carbocycles. The fourth-order valence-electron chi connectivity index (χ4n) is 6.01. The van der Waals surface area contributed by atoms with E-state index in [-0.39, 0.29) is 41.7 Å². The molecule has 2 amide bonds. The van der Waals surface area contributed by atoms with Crippen LogP contribution in [0.1, 0.15) is 30.4 Å². The van der Waals surface area contributed by atoms with Gasteiger partial charge in [0.2, 0.25) is 11.8 Å². The highest BCUT2D eigenvalue weighted by Gasteiger charge is 2.65. The number of morpholine rings is 1. The standard InChI is InChI=1S/C26H29Cl2FN4O3.2ClH/c1-2-21-26(17-13-19(29)18(28)14-20(17)31-25(26)35)22(15-4-3-5-16(27)12-15)23(32-21)24(34)30-6-7-33-8-10-36-11-9-33;;/h3-5,12-14,21-23,32H,2,6-11H2,1H3,(H,30,34)(H,31,35);2*1H/t21-,22+,23-,26+;;/m1../s1. The summed E-state index contributed by atoms with van der Waals surface area (Å²) in [5.74, 6) is -1.72. The number of ether oxygens (including phenoxy) is 1. The summed E-state index contributed by atoms with van der Waals surface area (Å²) in [5, 5.41) is 9.82. The van der Waals surface area contributed by atoms with Crippen LogP contribution in [0.25, 0.3) is 0 Å². The minimum atomic E-state index is -1.22. The van der Waals surface area contributed by atoms with E-state index in [0.29, 0.717) is 49.0 Å². The van der Waals surface area contributed by atoms with E-state index in [0.717, 1.165) is 18.7 Å². The van der Waals surface area contributed by atoms with Gasteiger partial charge in [0.05, 0.1) is 24.3 Å². The Bertz CT molecular complexity index is 1180. The fraction of sp³-hybridized carbons (Fsp3) is 0.462. The third kappa shape index (κ3) is 5.37. The zero-order valence-electron chi connectivity index (χ0n) is 20.8. The van der Waals surface area contributed by atoms with Crippen LogP contribution in [-0.4, -0.2) is 68.2 Å². The molecule has 2 fully saturated rings. The Kier molecular flexibility index (Phi) is 10.3. The summed E-state index contributed by atoms with van der Waals surface area (Å²) >= 11 is 12.4. The highest BCUT2D eigenvalue weighted by Crippen LogP contribution is 2.55. The molecule has 2 aromatic rings. The van der Waals surface area contributed by atoms with E-state index in [1.165, 1.54) is 12.1 Å². The lowest BCUT2D eigenvalue weighted by atomic mass is 9.64. The second-order valence-electron chi connectivity index (χ2n) is 9.52. The lowest BCUT2D eigenvalue weighted by molar-refractivity contribution is -0.123. The predicted octanol–water partition coefficient (Wildman–Crippen LogP) is 4.15. The largest absolute Gasteiger partial charge is 0.379 e. The highest BCUT2D eigenvalue weighted by atomic mass is 35.5. The van der Waals surface area contributed by atoms with Gasteiger partial charge in [-0.05, 0) is 41.8 Å². The molecule has 4 atom stereocenters. The maximum Gasteiger partial charge on any atom is 0.237 e. The summed E-state index contributed by atoms with van der Waals surface area (Å²) in [4.78, 5) is 29.7. The molecule has 0 aromatic heterocycles. The van der Waals surface area contributed by atoms with E-state index in [9.17, 15) is 14.0 Å². The Hall–Kier alpha value is -1.65. The Morgan fingerprint density at radius 2 is 1.95 bits per heavy atom. The van der Waals surface area contributed by atoms with Crippen molar-refractivity contribution in [2.75, 3.05) is 44.7 Å². The van der Waals surface area contributed by atoms with Crippen molar-refractivity contribution in [1.29, 1.82) is 0 Å². The average Bonchev–Trinajstić information content (AvgIpc) is 3.35. The van der Waals surface area contributed by atoms with Gasteiger partial charge in [-0.25, -0.2) is 4.39 Å². The van der Waals surface area contributed by atoms with Gasteiger partial charge in [-0.3, -0.25) is 14.5 Å². The van der Waals surface area contributed by atoms with Gasteiger partial charge >= 0.3 is 0 Å². The van der Waals surface area contributed by atoms with Crippen molar-refractivity contribution in [2.24, 2.45) is 0 Å². The van der Waals surface area contributed by atoms with Crippen molar-refractivity contribution < 1.29 is 18.7 Å². The molecular weight excluding hydrogens is 577 g/mol. The monoisotopic (exact) mass is 606 g/mol. The quantitative estimate of drug-likeness (QED) is 0.460. The van der Waals surface area contributed by atoms with E-state index in [1.54, 1.807) is 18.2 Å². The molecular formula is C26H31Cl4FN4O3. The molecule has 38 heavy (non-hydrogen) atoms. The van der Waals surface area contributed by atoms with Crippen LogP contribution in [0.15, 0.2) is 36.4 Å². The van der Waals surface area contributed by atoms with E-state index in [2.05, 4.69) is 20.9 Å². The minimum Gasteiger partial charge on any atom is -0.379 e. The molecule has 0 radical (unpaired) electrons. The zero-order chi connectivity index (χ0) is 25.4. The summed E-state index contributed by atoms with van der Waals surface area (Å²) in [7, 11) is 0. The minimum absolute atomic E-state index is 0. The summed E-state index contributed by atoms with van der Waals surface area (Å²) in [5.41, 5.74) is 0.485. The van der Waals surface area contributed by atoms with E-state index in [4.69, 9.17) is 27.9 Å². The van der Waals surface area contributed by atoms with Crippen molar-refractivity contribution in [3.8, 4) is 0 Å². The number of rotatable bonds is 6. The number of hydrogen-bond donors (Lipinski definition) is 3. The molecule has 5 rings (SSSR count). The molecule has 2 saturated heterocycles. The first kappa shape index (κ1) is 30.9. The summed E-state index contributed by atoms with van der Waals surface area (Å²) in [6.07, 6.45) is 0.547. The van der Waals surface area contributed by atoms with Crippen LogP contribution in [0, 0.1) is 5.82 Å². The summed E-state index contributed by atoms with van der Waals surface area (Å²) in [6.45, 7) is 6.15. The van der Waals surface area contributed by atoms with Crippen LogP contribution in [0.3, 0.4) is 0 Å². The first-order valence-electron chi connectivity index (χ1n) is 12.3. The Morgan fingerprint density at radius 3 is 2.63 bits per heavy atom. The molecule has 7 nitrogen and oxygen atoms in total. The van der Waals surface area contributed by atoms with Crippen LogP contribution in [0.4, 0.5) is 10.1 Å². The fourth-order valence-corrected chi connectivity index (χ4v) is 6.38. The number of anilines is 1. The predicted molar refractivity (Wildman–Crippen MR) is 152 cm³/mol. The maximum atomic E-state index is 14.8. The van der Waals surface area contributed by atoms with Gasteiger partial charge in [0.25, 0.3) is 0 Å². The average molecular weight is 608 g/mol. The number of hydrogen-bond acceptors (Lipinski definition) is 5. The normalized spacial score (nSPS) is 26.3. The summed E-state index contributed by atoms with van der Waals surface area (Å²) < 4.78 is 20.1. The number of fused-ring (bicyclic) bond motifs is 2. The lowest BCUT2D eigenvalue weighted by Gasteiger charge is -2.35. The van der Waals surface area contributed by atoms with Crippen LogP contribution in [0.2, 0.25) is 10.0 Å². The SMILES string of the molecule is CC[C@H]1N[C@@H](C(=O)NCCN2CCOCC2)[C@H](c2cccc(Cl)c2)[C@@]12C(=O)Nc1cc(Cl)c(F)cc12.Cl.Cl. The number of nitrogens with zero attached hydrogens (tertiary/aromatic N) is 1. The van der Waals surface area contributed by atoms with Crippen molar-refractivity contribution >= 4 is 65.5 Å². The van der Waals surface area contributed by atoms with Crippen molar-refractivity contribution in [2.45, 2.75) is 36.8 Å². The first-order valence-corrected chi connectivity index (χ1v) is 13.0. The van der Waals surface area contributed by atoms with Gasteiger partial charge < -0.3 is 20.7 Å². The van der Waals surface area contributed by atoms with Crippen LogP contribution in [0.5, 0.6) is 0 Å². The van der Waals surface area contributed by atoms with Crippen LogP contribution >= 0.6 is 48.0 Å². The molecule has 12 heteroatoms. The van der Waals surface area contributed by atoms with E-state index < -0.39 is 29.2 Å². The molecule has 2 aromatic carbocycles. The van der Waals surface area contributed by atoms with Gasteiger partial charge in [-0.15, -0.1) is 24.8 Å². The Labute approximate surface area is 244 Å². The van der Waals surface area contributed by atoms with Gasteiger partial charge in [-0.2, -0.15) is 0 Å². The van der Waals surface area contributed by atoms with E-state index >= 15 is 0 Å². The van der Waals surface area contributed by atoms with Crippen LogP contribution in [-0.2, 0) is 19.7 Å². The van der Waals surface area contributed by atoms with Gasteiger partial charge in [0.1, 0.15) is 11.2 Å². The third-order valence-electron chi connectivity index (χ3n) is 7.61. The van der Waals surface area contributed by atoms with Gasteiger partial charge in [-0.1, -0.05) is 42.3 Å². The second-order valence-corrected chi connectivity index (χ2v) is 10.4. The molecule has 0 unspecified atom stereocenters. The van der Waals surface area contributed by atoms with Crippen molar-refractivity contribution in [3.05, 3.63) is 63.4 Å². The third-order valence-corrected chi connectivity index (χ3v) is 8.14. The number of benzene rings is 2. The Morgan fingerprint density at radius 1 is 1.21 bits per heavy atom. The van der Waals surface area contributed by atoms with E-state index in [1.807, 2.05) is 13.0 Å².